The van der Waals surface area contributed by atoms with E-state index < -0.39 is 0 Å². The average Bonchev–Trinajstić information content (AvgIpc) is 3.04. The molecule has 0 aliphatic rings. The topological polar surface area (TPSA) is 65.5 Å². The number of nitrogens with one attached hydrogen (secondary N) is 3. The third kappa shape index (κ3) is 9.18. The number of carbonyl (C=O) groups is 1. The second-order valence-corrected chi connectivity index (χ2v) is 7.16. The minimum absolute atomic E-state index is 0. The molecule has 1 aromatic heterocycles. The minimum Gasteiger partial charge on any atom is -0.357 e. The van der Waals surface area contributed by atoms with Gasteiger partial charge in [-0.3, -0.25) is 4.79 Å². The lowest BCUT2D eigenvalue weighted by molar-refractivity contribution is -0.120. The molecular formula is C19H26FIN4OS. The predicted octanol–water partition coefficient (Wildman–Crippen LogP) is 3.23. The number of amides is 1. The van der Waals surface area contributed by atoms with Gasteiger partial charge in [0.25, 0.3) is 0 Å². The lowest BCUT2D eigenvalue weighted by Gasteiger charge is -2.11. The zero-order valence-corrected chi connectivity index (χ0v) is 18.7. The van der Waals surface area contributed by atoms with Crippen LogP contribution in [0, 0.1) is 12.7 Å². The maximum absolute atomic E-state index is 12.9. The largest absolute Gasteiger partial charge is 0.357 e. The van der Waals surface area contributed by atoms with E-state index in [0.29, 0.717) is 19.6 Å². The van der Waals surface area contributed by atoms with Crippen molar-refractivity contribution in [2.24, 2.45) is 4.99 Å². The molecule has 0 saturated heterocycles. The molecule has 1 heterocycles. The Morgan fingerprint density at radius 2 is 1.78 bits per heavy atom. The van der Waals surface area contributed by atoms with Gasteiger partial charge in [0.2, 0.25) is 5.91 Å². The molecular weight excluding hydrogens is 478 g/mol. The molecule has 0 aliphatic carbocycles. The molecule has 0 radical (unpaired) electrons. The summed E-state index contributed by atoms with van der Waals surface area (Å²) in [6, 6.07) is 10.1. The Morgan fingerprint density at radius 1 is 1.07 bits per heavy atom. The van der Waals surface area contributed by atoms with Crippen molar-refractivity contribution in [3.05, 3.63) is 57.5 Å². The van der Waals surface area contributed by atoms with Gasteiger partial charge >= 0.3 is 0 Å². The van der Waals surface area contributed by atoms with E-state index in [4.69, 9.17) is 0 Å². The summed E-state index contributed by atoms with van der Waals surface area (Å²) in [7, 11) is 0. The van der Waals surface area contributed by atoms with Crippen LogP contribution >= 0.6 is 35.3 Å². The van der Waals surface area contributed by atoms with Crippen LogP contribution in [0.15, 0.2) is 41.4 Å². The summed E-state index contributed by atoms with van der Waals surface area (Å²) >= 11 is 1.74. The van der Waals surface area contributed by atoms with Gasteiger partial charge in [-0.1, -0.05) is 12.1 Å². The Balaban J connectivity index is 0.00000364. The van der Waals surface area contributed by atoms with Crippen molar-refractivity contribution in [1.82, 2.24) is 16.0 Å². The van der Waals surface area contributed by atoms with Crippen LogP contribution in [0.3, 0.4) is 0 Å². The van der Waals surface area contributed by atoms with E-state index in [1.807, 2.05) is 6.92 Å². The Bertz CT molecular complexity index is 734. The van der Waals surface area contributed by atoms with Gasteiger partial charge in [-0.05, 0) is 43.7 Å². The van der Waals surface area contributed by atoms with Crippen molar-refractivity contribution in [3.63, 3.8) is 0 Å². The number of carbonyl (C=O) groups excluding carboxylic acids is 1. The summed E-state index contributed by atoms with van der Waals surface area (Å²) < 4.78 is 12.9. The number of nitrogens with zero attached hydrogens (tertiary/aromatic N) is 1. The fourth-order valence-corrected chi connectivity index (χ4v) is 3.12. The van der Waals surface area contributed by atoms with Crippen molar-refractivity contribution in [3.8, 4) is 0 Å². The summed E-state index contributed by atoms with van der Waals surface area (Å²) in [4.78, 5) is 18.9. The smallest absolute Gasteiger partial charge is 0.224 e. The molecule has 0 saturated carbocycles. The van der Waals surface area contributed by atoms with E-state index in [-0.39, 0.29) is 42.1 Å². The van der Waals surface area contributed by atoms with Gasteiger partial charge < -0.3 is 16.0 Å². The number of rotatable bonds is 8. The van der Waals surface area contributed by atoms with E-state index in [9.17, 15) is 9.18 Å². The third-order valence-electron chi connectivity index (χ3n) is 3.55. The summed E-state index contributed by atoms with van der Waals surface area (Å²) in [6.45, 7) is 6.55. The zero-order valence-electron chi connectivity index (χ0n) is 15.5. The van der Waals surface area contributed by atoms with Crippen molar-refractivity contribution >= 4 is 47.2 Å². The van der Waals surface area contributed by atoms with Gasteiger partial charge in [0.1, 0.15) is 5.82 Å². The number of aryl methyl sites for hydroxylation is 1. The van der Waals surface area contributed by atoms with Crippen molar-refractivity contribution in [2.75, 3.05) is 19.6 Å². The molecule has 0 spiro atoms. The minimum atomic E-state index is -0.300. The van der Waals surface area contributed by atoms with E-state index in [0.717, 1.165) is 18.1 Å². The van der Waals surface area contributed by atoms with E-state index in [1.165, 1.54) is 21.9 Å². The van der Waals surface area contributed by atoms with Crippen molar-refractivity contribution in [1.29, 1.82) is 0 Å². The molecule has 0 fully saturated rings. The Morgan fingerprint density at radius 3 is 2.41 bits per heavy atom. The van der Waals surface area contributed by atoms with E-state index in [2.05, 4.69) is 40.0 Å². The van der Waals surface area contributed by atoms with Crippen LogP contribution in [0.1, 0.15) is 22.2 Å². The number of guanidine groups is 1. The molecule has 1 amide bonds. The highest BCUT2D eigenvalue weighted by Crippen LogP contribution is 2.15. The van der Waals surface area contributed by atoms with Crippen LogP contribution in [0.5, 0.6) is 0 Å². The summed E-state index contributed by atoms with van der Waals surface area (Å²) in [5, 5.41) is 9.24. The maximum Gasteiger partial charge on any atom is 0.224 e. The number of hydrogen-bond donors (Lipinski definition) is 3. The van der Waals surface area contributed by atoms with Gasteiger partial charge in [-0.15, -0.1) is 35.3 Å². The Hall–Kier alpha value is -1.68. The van der Waals surface area contributed by atoms with Crippen LogP contribution in [-0.4, -0.2) is 31.5 Å². The average molecular weight is 504 g/mol. The van der Waals surface area contributed by atoms with Crippen LogP contribution in [0.2, 0.25) is 0 Å². The monoisotopic (exact) mass is 504 g/mol. The number of benzene rings is 1. The number of hydrogen-bond acceptors (Lipinski definition) is 3. The van der Waals surface area contributed by atoms with Crippen molar-refractivity contribution in [2.45, 2.75) is 26.8 Å². The lowest BCUT2D eigenvalue weighted by atomic mass is 10.1. The second-order valence-electron chi connectivity index (χ2n) is 5.79. The third-order valence-corrected chi connectivity index (χ3v) is 4.54. The molecule has 0 unspecified atom stereocenters. The first kappa shape index (κ1) is 23.4. The van der Waals surface area contributed by atoms with Crippen LogP contribution in [0.25, 0.3) is 0 Å². The molecule has 8 heteroatoms. The standard InChI is InChI=1S/C19H25FN4OS.HI/c1-3-21-19(24-13-17-9-4-14(2)26-17)23-11-10-22-18(25)12-15-5-7-16(20)8-6-15;/h4-9H,3,10-13H2,1-2H3,(H,22,25)(H2,21,23,24);1H. The SMILES string of the molecule is CCNC(=NCc1ccc(C)s1)NCCNC(=O)Cc1ccc(F)cc1.I. The zero-order chi connectivity index (χ0) is 18.8. The van der Waals surface area contributed by atoms with E-state index in [1.54, 1.807) is 23.5 Å². The molecule has 2 rings (SSSR count). The number of aliphatic imine (C=N–C) groups is 1. The molecule has 0 bridgehead atoms. The maximum atomic E-state index is 12.9. The number of thiophene rings is 1. The fourth-order valence-electron chi connectivity index (χ4n) is 2.30. The first-order chi connectivity index (χ1) is 12.6. The molecule has 148 valence electrons. The van der Waals surface area contributed by atoms with Crippen molar-refractivity contribution < 1.29 is 9.18 Å². The van der Waals surface area contributed by atoms with Gasteiger partial charge in [-0.2, -0.15) is 0 Å². The van der Waals surface area contributed by atoms with Gasteiger partial charge in [0.15, 0.2) is 5.96 Å². The normalized spacial score (nSPS) is 10.9. The molecule has 2 aromatic rings. The highest BCUT2D eigenvalue weighted by molar-refractivity contribution is 14.0. The van der Waals surface area contributed by atoms with Gasteiger partial charge in [0.05, 0.1) is 13.0 Å². The summed E-state index contributed by atoms with van der Waals surface area (Å²) in [5.41, 5.74) is 0.790. The number of halogens is 2. The Labute approximate surface area is 180 Å². The fraction of sp³-hybridized carbons (Fsp3) is 0.368. The highest BCUT2D eigenvalue weighted by atomic mass is 127. The second kappa shape index (κ2) is 12.7. The molecule has 27 heavy (non-hydrogen) atoms. The van der Waals surface area contributed by atoms with Crippen LogP contribution in [-0.2, 0) is 17.8 Å². The predicted molar refractivity (Wildman–Crippen MR) is 120 cm³/mol. The molecule has 0 atom stereocenters. The van der Waals surface area contributed by atoms with Crippen LogP contribution < -0.4 is 16.0 Å². The lowest BCUT2D eigenvalue weighted by Crippen LogP contribution is -2.41. The Kier molecular flexibility index (Phi) is 11.0. The first-order valence-electron chi connectivity index (χ1n) is 8.65. The molecule has 1 aromatic carbocycles. The van der Waals surface area contributed by atoms with Crippen LogP contribution in [0.4, 0.5) is 4.39 Å². The quantitative estimate of drug-likeness (QED) is 0.224. The first-order valence-corrected chi connectivity index (χ1v) is 9.47. The van der Waals surface area contributed by atoms with Gasteiger partial charge in [-0.25, -0.2) is 9.38 Å². The summed E-state index contributed by atoms with van der Waals surface area (Å²) in [5.74, 6) is 0.340. The summed E-state index contributed by atoms with van der Waals surface area (Å²) in [6.07, 6.45) is 0.242. The van der Waals surface area contributed by atoms with E-state index >= 15 is 0 Å². The molecule has 5 nitrogen and oxygen atoms in total. The molecule has 0 aliphatic heterocycles. The highest BCUT2D eigenvalue weighted by Gasteiger charge is 2.04. The molecule has 3 N–H and O–H groups in total. The van der Waals surface area contributed by atoms with Gasteiger partial charge in [0, 0.05) is 29.4 Å².